The van der Waals surface area contributed by atoms with E-state index >= 15 is 0 Å². The van der Waals surface area contributed by atoms with E-state index in [2.05, 4.69) is 13.8 Å². The van der Waals surface area contributed by atoms with E-state index in [0.29, 0.717) is 16.5 Å². The number of para-hydroxylation sites is 1. The van der Waals surface area contributed by atoms with Gasteiger partial charge in [0, 0.05) is 59.4 Å². The minimum atomic E-state index is -0.548. The van der Waals surface area contributed by atoms with E-state index in [1.54, 1.807) is 24.3 Å². The molecule has 188 valence electrons. The Balaban J connectivity index is 1.16. The zero-order chi connectivity index (χ0) is 26.3. The standard InChI is InChI=1S/C30H28N2O5/c1-30(2)23-13-4-5-14-24(23)31(3)25(30)17-20(33)18-37-26(34)15-8-16-32-28(35)21-11-6-9-19-10-7-12-22(27(19)21)29(32)36/h4-7,9-14,17H,8,15-16,18H2,1-3H3. The average Bonchev–Trinajstić information content (AvgIpc) is 3.08. The fraction of sp³-hybridized carbons (Fsp3) is 0.267. The normalized spacial score (nSPS) is 16.9. The summed E-state index contributed by atoms with van der Waals surface area (Å²) in [6, 6.07) is 18.8. The molecule has 0 N–H and O–H groups in total. The number of allylic oxidation sites excluding steroid dienone is 1. The maximum atomic E-state index is 13.0. The van der Waals surface area contributed by atoms with E-state index in [-0.39, 0.29) is 49.0 Å². The largest absolute Gasteiger partial charge is 0.457 e. The molecular formula is C30H28N2O5. The summed E-state index contributed by atoms with van der Waals surface area (Å²) in [5, 5.41) is 1.51. The minimum absolute atomic E-state index is 0.0103. The number of benzene rings is 3. The quantitative estimate of drug-likeness (QED) is 0.269. The van der Waals surface area contributed by atoms with Gasteiger partial charge in [0.05, 0.1) is 0 Å². The Hall–Kier alpha value is -4.26. The smallest absolute Gasteiger partial charge is 0.306 e. The van der Waals surface area contributed by atoms with Crippen LogP contribution >= 0.6 is 0 Å². The van der Waals surface area contributed by atoms with Gasteiger partial charge in [-0.25, -0.2) is 0 Å². The number of imide groups is 1. The number of hydrogen-bond donors (Lipinski definition) is 0. The second-order valence-corrected chi connectivity index (χ2v) is 9.93. The first-order chi connectivity index (χ1) is 17.7. The number of rotatable bonds is 7. The van der Waals surface area contributed by atoms with Crippen LogP contribution in [0.2, 0.25) is 0 Å². The Bertz CT molecular complexity index is 1440. The van der Waals surface area contributed by atoms with Gasteiger partial charge in [0.15, 0.2) is 12.4 Å². The second kappa shape index (κ2) is 9.32. The van der Waals surface area contributed by atoms with Crippen molar-refractivity contribution in [2.45, 2.75) is 32.1 Å². The Labute approximate surface area is 215 Å². The van der Waals surface area contributed by atoms with Crippen molar-refractivity contribution >= 4 is 40.0 Å². The van der Waals surface area contributed by atoms with E-state index < -0.39 is 5.97 Å². The van der Waals surface area contributed by atoms with Gasteiger partial charge >= 0.3 is 5.97 Å². The number of ether oxygens (including phenoxy) is 1. The van der Waals surface area contributed by atoms with Crippen molar-refractivity contribution in [1.82, 2.24) is 4.90 Å². The topological polar surface area (TPSA) is 84.0 Å². The van der Waals surface area contributed by atoms with Crippen molar-refractivity contribution < 1.29 is 23.9 Å². The zero-order valence-electron chi connectivity index (χ0n) is 21.1. The molecule has 0 saturated carbocycles. The first kappa shape index (κ1) is 24.4. The number of carbonyl (C=O) groups excluding carboxylic acids is 4. The molecular weight excluding hydrogens is 468 g/mol. The molecule has 0 bridgehead atoms. The van der Waals surface area contributed by atoms with Crippen LogP contribution in [0.15, 0.2) is 72.4 Å². The van der Waals surface area contributed by atoms with Gasteiger partial charge in [-0.2, -0.15) is 0 Å². The first-order valence-electron chi connectivity index (χ1n) is 12.3. The van der Waals surface area contributed by atoms with Gasteiger partial charge in [0.2, 0.25) is 0 Å². The summed E-state index contributed by atoms with van der Waals surface area (Å²) < 4.78 is 5.20. The highest BCUT2D eigenvalue weighted by atomic mass is 16.5. The van der Waals surface area contributed by atoms with Gasteiger partial charge in [-0.1, -0.05) is 56.3 Å². The van der Waals surface area contributed by atoms with Crippen LogP contribution in [0.1, 0.15) is 53.0 Å². The molecule has 0 aliphatic carbocycles. The third-order valence-electron chi connectivity index (χ3n) is 7.23. The molecule has 5 rings (SSSR count). The molecule has 0 spiro atoms. The van der Waals surface area contributed by atoms with Crippen LogP contribution in [0, 0.1) is 0 Å². The highest BCUT2D eigenvalue weighted by Crippen LogP contribution is 2.46. The SMILES string of the molecule is CN1C(=CC(=O)COC(=O)CCCN2C(=O)c3cccc4cccc(c34)C2=O)C(C)(C)c2ccccc21. The molecule has 2 heterocycles. The summed E-state index contributed by atoms with van der Waals surface area (Å²) in [4.78, 5) is 54.0. The van der Waals surface area contributed by atoms with Gasteiger partial charge in [0.1, 0.15) is 0 Å². The van der Waals surface area contributed by atoms with Crippen LogP contribution < -0.4 is 4.90 Å². The molecule has 7 heteroatoms. The number of hydrogen-bond acceptors (Lipinski definition) is 6. The number of likely N-dealkylation sites (N-methyl/N-ethyl adjacent to an activating group) is 1. The van der Waals surface area contributed by atoms with Crippen molar-refractivity contribution in [2.24, 2.45) is 0 Å². The Kier molecular flexibility index (Phi) is 6.15. The highest BCUT2D eigenvalue weighted by Gasteiger charge is 2.38. The van der Waals surface area contributed by atoms with E-state index in [0.717, 1.165) is 22.3 Å². The number of amides is 2. The van der Waals surface area contributed by atoms with Crippen LogP contribution in [0.3, 0.4) is 0 Å². The summed E-state index contributed by atoms with van der Waals surface area (Å²) in [5.41, 5.74) is 3.64. The lowest BCUT2D eigenvalue weighted by molar-refractivity contribution is -0.147. The van der Waals surface area contributed by atoms with Crippen molar-refractivity contribution in [1.29, 1.82) is 0 Å². The van der Waals surface area contributed by atoms with E-state index in [1.807, 2.05) is 48.3 Å². The van der Waals surface area contributed by atoms with E-state index in [4.69, 9.17) is 4.74 Å². The Morgan fingerprint density at radius 2 is 1.57 bits per heavy atom. The number of ketones is 1. The zero-order valence-corrected chi connectivity index (χ0v) is 21.1. The maximum Gasteiger partial charge on any atom is 0.306 e. The fourth-order valence-corrected chi connectivity index (χ4v) is 5.34. The lowest BCUT2D eigenvalue weighted by Crippen LogP contribution is -2.41. The average molecular weight is 497 g/mol. The van der Waals surface area contributed by atoms with Gasteiger partial charge in [-0.05, 0) is 35.6 Å². The molecule has 2 amide bonds. The van der Waals surface area contributed by atoms with Gasteiger partial charge in [-0.15, -0.1) is 0 Å². The lowest BCUT2D eigenvalue weighted by atomic mass is 9.83. The van der Waals surface area contributed by atoms with Crippen LogP contribution in [0.4, 0.5) is 5.69 Å². The van der Waals surface area contributed by atoms with Crippen molar-refractivity contribution in [3.05, 3.63) is 89.1 Å². The summed E-state index contributed by atoms with van der Waals surface area (Å²) in [5.74, 6) is -1.59. The number of esters is 1. The van der Waals surface area contributed by atoms with Gasteiger partial charge in [0.25, 0.3) is 11.8 Å². The molecule has 0 saturated heterocycles. The third kappa shape index (κ3) is 4.20. The van der Waals surface area contributed by atoms with Crippen molar-refractivity contribution in [3.8, 4) is 0 Å². The molecule has 0 unspecified atom stereocenters. The summed E-state index contributed by atoms with van der Waals surface area (Å²) in [6.45, 7) is 3.84. The number of fused-ring (bicyclic) bond motifs is 1. The maximum absolute atomic E-state index is 13.0. The monoisotopic (exact) mass is 496 g/mol. The predicted octanol–water partition coefficient (Wildman–Crippen LogP) is 4.64. The number of carbonyl (C=O) groups is 4. The lowest BCUT2D eigenvalue weighted by Gasteiger charge is -2.27. The highest BCUT2D eigenvalue weighted by molar-refractivity contribution is 6.25. The Morgan fingerprint density at radius 3 is 2.22 bits per heavy atom. The van der Waals surface area contributed by atoms with Crippen LogP contribution in [-0.4, -0.2) is 48.7 Å². The molecule has 3 aromatic carbocycles. The first-order valence-corrected chi connectivity index (χ1v) is 12.3. The van der Waals surface area contributed by atoms with Crippen molar-refractivity contribution in [3.63, 3.8) is 0 Å². The van der Waals surface area contributed by atoms with Gasteiger partial charge in [-0.3, -0.25) is 24.1 Å². The second-order valence-electron chi connectivity index (χ2n) is 9.93. The molecule has 7 nitrogen and oxygen atoms in total. The third-order valence-corrected chi connectivity index (χ3v) is 7.23. The molecule has 0 fully saturated rings. The summed E-state index contributed by atoms with van der Waals surface area (Å²) in [6.07, 6.45) is 1.77. The number of nitrogens with zero attached hydrogens (tertiary/aromatic N) is 2. The molecule has 37 heavy (non-hydrogen) atoms. The fourth-order valence-electron chi connectivity index (χ4n) is 5.34. The Morgan fingerprint density at radius 1 is 0.919 bits per heavy atom. The predicted molar refractivity (Wildman–Crippen MR) is 140 cm³/mol. The van der Waals surface area contributed by atoms with E-state index in [1.165, 1.54) is 11.0 Å². The van der Waals surface area contributed by atoms with Crippen LogP contribution in [-0.2, 0) is 19.7 Å². The molecule has 0 radical (unpaired) electrons. The molecule has 2 aliphatic heterocycles. The van der Waals surface area contributed by atoms with Crippen molar-refractivity contribution in [2.75, 3.05) is 25.1 Å². The molecule has 2 aliphatic rings. The summed E-state index contributed by atoms with van der Waals surface area (Å²) in [7, 11) is 1.92. The molecule has 3 aromatic rings. The molecule has 0 atom stereocenters. The van der Waals surface area contributed by atoms with E-state index in [9.17, 15) is 19.2 Å². The van der Waals surface area contributed by atoms with Crippen LogP contribution in [0.5, 0.6) is 0 Å². The van der Waals surface area contributed by atoms with Crippen LogP contribution in [0.25, 0.3) is 10.8 Å². The minimum Gasteiger partial charge on any atom is -0.457 e. The number of anilines is 1. The summed E-state index contributed by atoms with van der Waals surface area (Å²) >= 11 is 0. The molecule has 0 aromatic heterocycles. The van der Waals surface area contributed by atoms with Gasteiger partial charge < -0.3 is 9.64 Å².